The normalized spacial score (nSPS) is 12.3. The summed E-state index contributed by atoms with van der Waals surface area (Å²) in [4.78, 5) is 0. The molecule has 0 aliphatic heterocycles. The molecule has 3 nitrogen and oxygen atoms in total. The summed E-state index contributed by atoms with van der Waals surface area (Å²) in [5.74, 6) is 0.919. The van der Waals surface area contributed by atoms with Crippen LogP contribution in [0.1, 0.15) is 25.7 Å². The van der Waals surface area contributed by atoms with Gasteiger partial charge >= 0.3 is 0 Å². The predicted octanol–water partition coefficient (Wildman–Crippen LogP) is 1.68. The predicted molar refractivity (Wildman–Crippen MR) is 56.7 cm³/mol. The van der Waals surface area contributed by atoms with Crippen molar-refractivity contribution in [3.63, 3.8) is 0 Å². The Bertz CT molecular complexity index is 214. The average molecular weight is 228 g/mol. The second-order valence-corrected chi connectivity index (χ2v) is 5.88. The molecular formula is C8H18ClNO2S. The van der Waals surface area contributed by atoms with Gasteiger partial charge < -0.3 is 0 Å². The Morgan fingerprint density at radius 2 is 1.62 bits per heavy atom. The van der Waals surface area contributed by atoms with E-state index in [0.717, 1.165) is 25.7 Å². The molecule has 0 bridgehead atoms. The van der Waals surface area contributed by atoms with Crippen molar-refractivity contribution in [2.24, 2.45) is 0 Å². The molecule has 5 heteroatoms. The first-order valence-electron chi connectivity index (χ1n) is 4.47. The van der Waals surface area contributed by atoms with Gasteiger partial charge in [0.15, 0.2) is 0 Å². The lowest BCUT2D eigenvalue weighted by atomic mass is 10.2. The highest BCUT2D eigenvalue weighted by Gasteiger charge is 2.11. The van der Waals surface area contributed by atoms with Gasteiger partial charge in [-0.1, -0.05) is 12.8 Å². The fourth-order valence-electron chi connectivity index (χ4n) is 0.915. The van der Waals surface area contributed by atoms with E-state index in [9.17, 15) is 8.42 Å². The van der Waals surface area contributed by atoms with Gasteiger partial charge in [-0.2, -0.15) is 0 Å². The van der Waals surface area contributed by atoms with Crippen LogP contribution >= 0.6 is 11.6 Å². The highest BCUT2D eigenvalue weighted by Crippen LogP contribution is 2.04. The third-order valence-electron chi connectivity index (χ3n) is 1.84. The molecule has 0 aliphatic carbocycles. The lowest BCUT2D eigenvalue weighted by molar-refractivity contribution is 0.516. The zero-order valence-electron chi connectivity index (χ0n) is 8.29. The van der Waals surface area contributed by atoms with Gasteiger partial charge in [0.1, 0.15) is 0 Å². The smallest absolute Gasteiger partial charge is 0.212 e. The second kappa shape index (κ2) is 6.62. The van der Waals surface area contributed by atoms with E-state index in [2.05, 4.69) is 0 Å². The van der Waals surface area contributed by atoms with E-state index in [1.54, 1.807) is 14.1 Å². The molecular weight excluding hydrogens is 210 g/mol. The van der Waals surface area contributed by atoms with E-state index in [4.69, 9.17) is 11.6 Å². The highest BCUT2D eigenvalue weighted by molar-refractivity contribution is 7.89. The quantitative estimate of drug-likeness (QED) is 0.490. The van der Waals surface area contributed by atoms with Crippen LogP contribution in [0.3, 0.4) is 0 Å². The Morgan fingerprint density at radius 1 is 1.08 bits per heavy atom. The van der Waals surface area contributed by atoms with E-state index in [1.165, 1.54) is 4.31 Å². The van der Waals surface area contributed by atoms with Crippen LogP contribution in [0.25, 0.3) is 0 Å². The SMILES string of the molecule is CN(C)S(=O)(=O)CCCCCCCl. The van der Waals surface area contributed by atoms with Crippen molar-refractivity contribution in [2.45, 2.75) is 25.7 Å². The molecule has 0 saturated carbocycles. The molecule has 0 aromatic heterocycles. The van der Waals surface area contributed by atoms with Crippen LogP contribution in [0.4, 0.5) is 0 Å². The standard InChI is InChI=1S/C8H18ClNO2S/c1-10(2)13(11,12)8-6-4-3-5-7-9/h3-8H2,1-2H3. The van der Waals surface area contributed by atoms with Gasteiger partial charge in [-0.05, 0) is 12.8 Å². The Balaban J connectivity index is 3.53. The molecule has 0 amide bonds. The molecule has 0 spiro atoms. The Labute approximate surface area is 86.1 Å². The van der Waals surface area contributed by atoms with E-state index in [-0.39, 0.29) is 5.75 Å². The van der Waals surface area contributed by atoms with Crippen LogP contribution in [-0.2, 0) is 10.0 Å². The van der Waals surface area contributed by atoms with Crippen LogP contribution in [-0.4, -0.2) is 38.5 Å². The van der Waals surface area contributed by atoms with Crippen LogP contribution in [0.5, 0.6) is 0 Å². The maximum atomic E-state index is 11.3. The van der Waals surface area contributed by atoms with Crippen molar-refractivity contribution >= 4 is 21.6 Å². The molecule has 0 aliphatic rings. The second-order valence-electron chi connectivity index (χ2n) is 3.20. The number of rotatable bonds is 7. The van der Waals surface area contributed by atoms with Crippen molar-refractivity contribution in [1.82, 2.24) is 4.31 Å². The topological polar surface area (TPSA) is 37.4 Å². The summed E-state index contributed by atoms with van der Waals surface area (Å²) >= 11 is 5.49. The molecule has 0 N–H and O–H groups in total. The van der Waals surface area contributed by atoms with E-state index < -0.39 is 10.0 Å². The number of hydrogen-bond acceptors (Lipinski definition) is 2. The average Bonchev–Trinajstić information content (AvgIpc) is 2.03. The minimum atomic E-state index is -2.99. The number of alkyl halides is 1. The molecule has 13 heavy (non-hydrogen) atoms. The molecule has 0 fully saturated rings. The van der Waals surface area contributed by atoms with Gasteiger partial charge in [0.05, 0.1) is 5.75 Å². The first-order valence-corrected chi connectivity index (χ1v) is 6.61. The Hall–Kier alpha value is 0.200. The van der Waals surface area contributed by atoms with Gasteiger partial charge in [-0.15, -0.1) is 11.6 Å². The fraction of sp³-hybridized carbons (Fsp3) is 1.00. The summed E-state index contributed by atoms with van der Waals surface area (Å²) < 4.78 is 23.8. The van der Waals surface area contributed by atoms with Crippen molar-refractivity contribution in [2.75, 3.05) is 25.7 Å². The maximum absolute atomic E-state index is 11.3. The summed E-state index contributed by atoms with van der Waals surface area (Å²) in [5, 5.41) is 0. The van der Waals surface area contributed by atoms with E-state index in [0.29, 0.717) is 5.88 Å². The Morgan fingerprint density at radius 3 is 2.08 bits per heavy atom. The summed E-state index contributed by atoms with van der Waals surface area (Å²) in [5.41, 5.74) is 0. The van der Waals surface area contributed by atoms with Gasteiger partial charge in [0, 0.05) is 20.0 Å². The number of nitrogens with zero attached hydrogens (tertiary/aromatic N) is 1. The van der Waals surface area contributed by atoms with Crippen molar-refractivity contribution in [1.29, 1.82) is 0 Å². The molecule has 0 saturated heterocycles. The van der Waals surface area contributed by atoms with Crippen molar-refractivity contribution < 1.29 is 8.42 Å². The summed E-state index contributed by atoms with van der Waals surface area (Å²) in [6.45, 7) is 0. The molecule has 80 valence electrons. The molecule has 0 atom stereocenters. The largest absolute Gasteiger partial charge is 0.213 e. The zero-order valence-corrected chi connectivity index (χ0v) is 9.86. The number of halogens is 1. The molecule has 0 aromatic carbocycles. The van der Waals surface area contributed by atoms with Crippen LogP contribution in [0, 0.1) is 0 Å². The number of sulfonamides is 1. The van der Waals surface area contributed by atoms with Crippen molar-refractivity contribution in [3.05, 3.63) is 0 Å². The van der Waals surface area contributed by atoms with Crippen LogP contribution < -0.4 is 0 Å². The first-order chi connectivity index (χ1) is 6.00. The van der Waals surface area contributed by atoms with Crippen LogP contribution in [0.2, 0.25) is 0 Å². The fourth-order valence-corrected chi connectivity index (χ4v) is 2.04. The van der Waals surface area contributed by atoms with Crippen LogP contribution in [0.15, 0.2) is 0 Å². The molecule has 0 aromatic rings. The molecule has 0 heterocycles. The summed E-state index contributed by atoms with van der Waals surface area (Å²) in [6.07, 6.45) is 3.67. The van der Waals surface area contributed by atoms with Gasteiger partial charge in [-0.3, -0.25) is 0 Å². The molecule has 0 rings (SSSR count). The highest BCUT2D eigenvalue weighted by atomic mass is 35.5. The first kappa shape index (κ1) is 13.2. The molecule has 0 unspecified atom stereocenters. The number of hydrogen-bond donors (Lipinski definition) is 0. The monoisotopic (exact) mass is 227 g/mol. The number of unbranched alkanes of at least 4 members (excludes halogenated alkanes) is 3. The minimum Gasteiger partial charge on any atom is -0.212 e. The van der Waals surface area contributed by atoms with E-state index >= 15 is 0 Å². The van der Waals surface area contributed by atoms with Crippen molar-refractivity contribution in [3.8, 4) is 0 Å². The van der Waals surface area contributed by atoms with E-state index in [1.807, 2.05) is 0 Å². The van der Waals surface area contributed by atoms with Gasteiger partial charge in [0.2, 0.25) is 10.0 Å². The zero-order chi connectivity index (χ0) is 10.3. The summed E-state index contributed by atoms with van der Waals surface area (Å²) in [7, 11) is 0.142. The maximum Gasteiger partial charge on any atom is 0.213 e. The molecule has 0 radical (unpaired) electrons. The summed E-state index contributed by atoms with van der Waals surface area (Å²) in [6, 6.07) is 0. The third kappa shape index (κ3) is 6.29. The lowest BCUT2D eigenvalue weighted by Gasteiger charge is -2.10. The lowest BCUT2D eigenvalue weighted by Crippen LogP contribution is -2.24. The van der Waals surface area contributed by atoms with Gasteiger partial charge in [-0.25, -0.2) is 12.7 Å². The minimum absolute atomic E-state index is 0.252. The van der Waals surface area contributed by atoms with Gasteiger partial charge in [0.25, 0.3) is 0 Å². The Kier molecular flexibility index (Phi) is 6.73. The third-order valence-corrected chi connectivity index (χ3v) is 4.03.